The zero-order valence-electron chi connectivity index (χ0n) is 12.0. The summed E-state index contributed by atoms with van der Waals surface area (Å²) in [5, 5.41) is 15.4. The van der Waals surface area contributed by atoms with E-state index in [4.69, 9.17) is 23.2 Å². The van der Waals surface area contributed by atoms with E-state index < -0.39 is 0 Å². The summed E-state index contributed by atoms with van der Waals surface area (Å²) in [5.74, 6) is 0.643. The predicted octanol–water partition coefficient (Wildman–Crippen LogP) is 3.28. The summed E-state index contributed by atoms with van der Waals surface area (Å²) in [6.45, 7) is 2.97. The highest BCUT2D eigenvalue weighted by molar-refractivity contribution is 6.36. The van der Waals surface area contributed by atoms with Gasteiger partial charge in [0, 0.05) is 22.9 Å². The van der Waals surface area contributed by atoms with E-state index in [0.717, 1.165) is 38.0 Å². The van der Waals surface area contributed by atoms with Gasteiger partial charge in [-0.15, -0.1) is 0 Å². The maximum absolute atomic E-state index is 10.6. The largest absolute Gasteiger partial charge is 0.463 e. The van der Waals surface area contributed by atoms with Crippen molar-refractivity contribution < 1.29 is 9.68 Å². The Kier molecular flexibility index (Phi) is 4.72. The number of aliphatic hydroxyl groups excluding tert-OH is 1. The van der Waals surface area contributed by atoms with Crippen molar-refractivity contribution in [2.45, 2.75) is 31.7 Å². The number of hydrogen-bond acceptors (Lipinski definition) is 1. The minimum absolute atomic E-state index is 0.129. The lowest BCUT2D eigenvalue weighted by Gasteiger charge is -2.19. The molecule has 21 heavy (non-hydrogen) atoms. The van der Waals surface area contributed by atoms with Gasteiger partial charge in [0.1, 0.15) is 6.54 Å². The fraction of sp³-hybridized carbons (Fsp3) is 0.562. The zero-order valence-corrected chi connectivity index (χ0v) is 13.5. The van der Waals surface area contributed by atoms with Gasteiger partial charge in [0.05, 0.1) is 12.5 Å². The molecule has 0 amide bonds. The highest BCUT2D eigenvalue weighted by Gasteiger charge is 2.38. The van der Waals surface area contributed by atoms with Crippen molar-refractivity contribution >= 4 is 29.1 Å². The molecule has 0 bridgehead atoms. The van der Waals surface area contributed by atoms with Gasteiger partial charge in [-0.05, 0) is 37.1 Å². The van der Waals surface area contributed by atoms with Crippen molar-refractivity contribution in [1.82, 2.24) is 5.32 Å². The lowest BCUT2D eigenvalue weighted by atomic mass is 9.98. The zero-order chi connectivity index (χ0) is 14.8. The summed E-state index contributed by atoms with van der Waals surface area (Å²) in [6.07, 6.45) is 4.00. The van der Waals surface area contributed by atoms with Gasteiger partial charge in [-0.25, -0.2) is 0 Å². The van der Waals surface area contributed by atoms with Gasteiger partial charge < -0.3 is 10.4 Å². The standard InChI is InChI=1S/C16H20Cl2N2O/c17-14-4-1-5-15(18)13(14)9-11-6-8-20(16(11)21)12-3-2-7-19-10-12/h1,4-5,11-12,19H,2-3,6-10H2/p+1. The Labute approximate surface area is 135 Å². The molecule has 2 heterocycles. The topological polar surface area (TPSA) is 35.3 Å². The summed E-state index contributed by atoms with van der Waals surface area (Å²) >= 11 is 12.5. The van der Waals surface area contributed by atoms with Crippen molar-refractivity contribution in [2.75, 3.05) is 19.6 Å². The van der Waals surface area contributed by atoms with Crippen LogP contribution in [-0.4, -0.2) is 41.3 Å². The number of benzene rings is 1. The summed E-state index contributed by atoms with van der Waals surface area (Å²) in [5.41, 5.74) is 0.945. The van der Waals surface area contributed by atoms with Crippen LogP contribution in [0.3, 0.4) is 0 Å². The molecule has 5 heteroatoms. The molecule has 2 unspecified atom stereocenters. The number of nitrogens with one attached hydrogen (secondary N) is 1. The number of nitrogens with zero attached hydrogens (tertiary/aromatic N) is 1. The molecule has 1 aromatic rings. The van der Waals surface area contributed by atoms with Gasteiger partial charge in [0.15, 0.2) is 6.04 Å². The van der Waals surface area contributed by atoms with Gasteiger partial charge in [-0.1, -0.05) is 29.3 Å². The predicted molar refractivity (Wildman–Crippen MR) is 86.9 cm³/mol. The number of hydrogen-bond donors (Lipinski definition) is 2. The Morgan fingerprint density at radius 3 is 2.67 bits per heavy atom. The molecule has 0 spiro atoms. The van der Waals surface area contributed by atoms with Crippen LogP contribution in [0.25, 0.3) is 0 Å². The van der Waals surface area contributed by atoms with Gasteiger partial charge >= 0.3 is 5.90 Å². The minimum atomic E-state index is 0.129. The van der Waals surface area contributed by atoms with Crippen molar-refractivity contribution in [3.8, 4) is 0 Å². The van der Waals surface area contributed by atoms with E-state index in [1.165, 1.54) is 6.42 Å². The fourth-order valence-corrected chi connectivity index (χ4v) is 3.96. The van der Waals surface area contributed by atoms with E-state index in [0.29, 0.717) is 28.4 Å². The maximum atomic E-state index is 10.6. The molecule has 0 aliphatic carbocycles. The van der Waals surface area contributed by atoms with E-state index in [2.05, 4.69) is 9.89 Å². The third kappa shape index (κ3) is 3.20. The molecule has 2 N–H and O–H groups in total. The molecule has 2 aliphatic heterocycles. The molecular weight excluding hydrogens is 307 g/mol. The second kappa shape index (κ2) is 6.55. The van der Waals surface area contributed by atoms with Crippen LogP contribution < -0.4 is 5.32 Å². The summed E-state index contributed by atoms with van der Waals surface area (Å²) in [6, 6.07) is 5.99. The highest BCUT2D eigenvalue weighted by Crippen LogP contribution is 2.30. The first-order chi connectivity index (χ1) is 10.2. The van der Waals surface area contributed by atoms with Gasteiger partial charge in [0.2, 0.25) is 0 Å². The minimum Gasteiger partial charge on any atom is -0.463 e. The van der Waals surface area contributed by atoms with Crippen molar-refractivity contribution in [3.05, 3.63) is 33.8 Å². The number of halogens is 2. The van der Waals surface area contributed by atoms with E-state index in [1.54, 1.807) is 0 Å². The van der Waals surface area contributed by atoms with Crippen LogP contribution in [0.5, 0.6) is 0 Å². The Morgan fingerprint density at radius 1 is 1.24 bits per heavy atom. The van der Waals surface area contributed by atoms with Gasteiger partial charge in [-0.3, -0.25) is 0 Å². The normalized spacial score (nSPS) is 26.4. The van der Waals surface area contributed by atoms with E-state index >= 15 is 0 Å². The molecule has 3 rings (SSSR count). The first-order valence-corrected chi connectivity index (χ1v) is 8.38. The SMILES string of the molecule is OC1=[N+](C2CCCNC2)CCC1Cc1c(Cl)cccc1Cl. The summed E-state index contributed by atoms with van der Waals surface area (Å²) < 4.78 is 2.17. The fourth-order valence-electron chi connectivity index (χ4n) is 3.41. The Hall–Kier alpha value is -0.770. The first-order valence-electron chi connectivity index (χ1n) is 7.63. The second-order valence-corrected chi connectivity index (χ2v) is 6.76. The van der Waals surface area contributed by atoms with Crippen LogP contribution in [0, 0.1) is 5.92 Å². The Balaban J connectivity index is 1.76. The molecule has 2 atom stereocenters. The van der Waals surface area contributed by atoms with Crippen molar-refractivity contribution in [2.24, 2.45) is 5.92 Å². The van der Waals surface area contributed by atoms with Crippen molar-refractivity contribution in [3.63, 3.8) is 0 Å². The van der Waals surface area contributed by atoms with E-state index in [-0.39, 0.29) is 5.92 Å². The molecule has 2 aliphatic rings. The smallest absolute Gasteiger partial charge is 0.337 e. The lowest BCUT2D eigenvalue weighted by Crippen LogP contribution is -2.42. The van der Waals surface area contributed by atoms with Crippen LogP contribution in [0.4, 0.5) is 0 Å². The molecule has 0 saturated carbocycles. The molecule has 1 saturated heterocycles. The van der Waals surface area contributed by atoms with Gasteiger partial charge in [-0.2, -0.15) is 4.58 Å². The summed E-state index contributed by atoms with van der Waals surface area (Å²) in [7, 11) is 0. The molecule has 1 aromatic carbocycles. The average Bonchev–Trinajstić information content (AvgIpc) is 2.85. The second-order valence-electron chi connectivity index (χ2n) is 5.94. The highest BCUT2D eigenvalue weighted by atomic mass is 35.5. The maximum Gasteiger partial charge on any atom is 0.337 e. The van der Waals surface area contributed by atoms with E-state index in [9.17, 15) is 5.11 Å². The monoisotopic (exact) mass is 327 g/mol. The average molecular weight is 328 g/mol. The van der Waals surface area contributed by atoms with E-state index in [1.807, 2.05) is 18.2 Å². The van der Waals surface area contributed by atoms with Crippen LogP contribution in [0.1, 0.15) is 24.8 Å². The van der Waals surface area contributed by atoms with Crippen LogP contribution >= 0.6 is 23.2 Å². The third-order valence-corrected chi connectivity index (χ3v) is 5.31. The van der Waals surface area contributed by atoms with Crippen molar-refractivity contribution in [1.29, 1.82) is 0 Å². The Morgan fingerprint density at radius 2 is 2.00 bits per heavy atom. The molecule has 0 aromatic heterocycles. The number of rotatable bonds is 3. The third-order valence-electron chi connectivity index (χ3n) is 4.60. The quantitative estimate of drug-likeness (QED) is 0.836. The molecular formula is C16H21Cl2N2O+. The number of aliphatic hydroxyl groups is 1. The van der Waals surface area contributed by atoms with Crippen LogP contribution in [-0.2, 0) is 6.42 Å². The number of piperidine rings is 1. The lowest BCUT2D eigenvalue weighted by molar-refractivity contribution is -0.565. The van der Waals surface area contributed by atoms with Gasteiger partial charge in [0.25, 0.3) is 0 Å². The molecule has 114 valence electrons. The molecule has 3 nitrogen and oxygen atoms in total. The summed E-state index contributed by atoms with van der Waals surface area (Å²) in [4.78, 5) is 0. The van der Waals surface area contributed by atoms with Crippen LogP contribution in [0.15, 0.2) is 18.2 Å². The van der Waals surface area contributed by atoms with Crippen LogP contribution in [0.2, 0.25) is 10.0 Å². The Bertz CT molecular complexity index is 533. The molecule has 0 radical (unpaired) electrons. The molecule has 1 fully saturated rings. The first kappa shape index (κ1) is 15.1.